The maximum Gasteiger partial charge on any atom is 0.282 e. The van der Waals surface area contributed by atoms with Crippen LogP contribution in [0.3, 0.4) is 0 Å². The first-order valence-electron chi connectivity index (χ1n) is 15.3. The average Bonchev–Trinajstić information content (AvgIpc) is 3.30. The van der Waals surface area contributed by atoms with Crippen LogP contribution < -0.4 is 10.3 Å². The van der Waals surface area contributed by atoms with Gasteiger partial charge in [0.1, 0.15) is 5.75 Å². The SMILES string of the molecule is CCOc1cc(C)c(-c2nc3ccccc3c(=O)n2N=Cc2c(C)n(Cc3ccc([N+](=O)[O-])cc3)c3ccccc23)cc1C(C)C. The van der Waals surface area contributed by atoms with Gasteiger partial charge in [0, 0.05) is 46.4 Å². The number of non-ortho nitro benzene ring substituents is 1. The maximum absolute atomic E-state index is 14.0. The lowest BCUT2D eigenvalue weighted by atomic mass is 9.96. The van der Waals surface area contributed by atoms with Gasteiger partial charge in [0.2, 0.25) is 0 Å². The summed E-state index contributed by atoms with van der Waals surface area (Å²) in [5.41, 5.74) is 6.91. The quantitative estimate of drug-likeness (QED) is 0.0934. The third-order valence-electron chi connectivity index (χ3n) is 8.34. The lowest BCUT2D eigenvalue weighted by Crippen LogP contribution is -2.21. The van der Waals surface area contributed by atoms with E-state index >= 15 is 0 Å². The van der Waals surface area contributed by atoms with Crippen molar-refractivity contribution in [2.24, 2.45) is 5.10 Å². The van der Waals surface area contributed by atoms with Gasteiger partial charge < -0.3 is 9.30 Å². The molecule has 0 aliphatic heterocycles. The van der Waals surface area contributed by atoms with Gasteiger partial charge in [-0.3, -0.25) is 14.9 Å². The van der Waals surface area contributed by atoms with Crippen molar-refractivity contribution in [3.05, 3.63) is 133 Å². The van der Waals surface area contributed by atoms with Gasteiger partial charge >= 0.3 is 0 Å². The van der Waals surface area contributed by atoms with Crippen LogP contribution in [0.5, 0.6) is 5.75 Å². The second kappa shape index (κ2) is 12.4. The first kappa shape index (κ1) is 30.5. The average molecular weight is 614 g/mol. The Labute approximate surface area is 266 Å². The highest BCUT2D eigenvalue weighted by Gasteiger charge is 2.19. The van der Waals surface area contributed by atoms with Crippen LogP contribution in [0.15, 0.2) is 94.8 Å². The van der Waals surface area contributed by atoms with Crippen molar-refractivity contribution >= 4 is 33.7 Å². The second-order valence-corrected chi connectivity index (χ2v) is 11.6. The molecule has 0 spiro atoms. The van der Waals surface area contributed by atoms with Crippen molar-refractivity contribution in [2.75, 3.05) is 6.61 Å². The summed E-state index contributed by atoms with van der Waals surface area (Å²) >= 11 is 0. The molecule has 2 aromatic heterocycles. The molecule has 6 rings (SSSR count). The largest absolute Gasteiger partial charge is 0.494 e. The Morgan fingerprint density at radius 2 is 1.67 bits per heavy atom. The van der Waals surface area contributed by atoms with Crippen molar-refractivity contribution in [1.82, 2.24) is 14.2 Å². The zero-order valence-electron chi connectivity index (χ0n) is 26.5. The van der Waals surface area contributed by atoms with E-state index in [2.05, 4.69) is 24.5 Å². The fourth-order valence-electron chi connectivity index (χ4n) is 5.92. The summed E-state index contributed by atoms with van der Waals surface area (Å²) in [6, 6.07) is 26.0. The molecule has 0 amide bonds. The molecular formula is C37H35N5O4. The Morgan fingerprint density at radius 1 is 0.978 bits per heavy atom. The molecule has 0 unspecified atom stereocenters. The summed E-state index contributed by atoms with van der Waals surface area (Å²) in [7, 11) is 0. The van der Waals surface area contributed by atoms with Crippen LogP contribution in [-0.2, 0) is 6.54 Å². The summed E-state index contributed by atoms with van der Waals surface area (Å²) < 4.78 is 9.52. The predicted molar refractivity (Wildman–Crippen MR) is 183 cm³/mol. The number of para-hydroxylation sites is 2. The fourth-order valence-corrected chi connectivity index (χ4v) is 5.92. The van der Waals surface area contributed by atoms with E-state index in [-0.39, 0.29) is 17.2 Å². The summed E-state index contributed by atoms with van der Waals surface area (Å²) in [5.74, 6) is 1.47. The fraction of sp³-hybridized carbons (Fsp3) is 0.216. The minimum Gasteiger partial charge on any atom is -0.494 e. The van der Waals surface area contributed by atoms with Gasteiger partial charge in [-0.15, -0.1) is 0 Å². The topological polar surface area (TPSA) is 105 Å². The molecule has 9 nitrogen and oxygen atoms in total. The lowest BCUT2D eigenvalue weighted by Gasteiger charge is -2.18. The van der Waals surface area contributed by atoms with E-state index in [1.807, 2.05) is 69.3 Å². The number of rotatable bonds is 9. The number of aromatic nitrogens is 3. The highest BCUT2D eigenvalue weighted by Crippen LogP contribution is 2.34. The molecule has 0 saturated carbocycles. The Bertz CT molecular complexity index is 2190. The molecule has 0 saturated heterocycles. The van der Waals surface area contributed by atoms with Crippen LogP contribution in [0.25, 0.3) is 33.2 Å². The number of nitrogens with zero attached hydrogens (tertiary/aromatic N) is 5. The summed E-state index contributed by atoms with van der Waals surface area (Å²) in [5, 5.41) is 17.5. The van der Waals surface area contributed by atoms with Crippen molar-refractivity contribution in [2.45, 2.75) is 47.1 Å². The van der Waals surface area contributed by atoms with E-state index in [0.717, 1.165) is 50.2 Å². The van der Waals surface area contributed by atoms with Crippen LogP contribution in [0, 0.1) is 24.0 Å². The van der Waals surface area contributed by atoms with Crippen molar-refractivity contribution in [3.63, 3.8) is 0 Å². The normalized spacial score (nSPS) is 11.7. The van der Waals surface area contributed by atoms with E-state index < -0.39 is 4.92 Å². The number of hydrogen-bond donors (Lipinski definition) is 0. The summed E-state index contributed by atoms with van der Waals surface area (Å²) in [6.07, 6.45) is 1.73. The van der Waals surface area contributed by atoms with Gasteiger partial charge in [0.25, 0.3) is 11.2 Å². The van der Waals surface area contributed by atoms with Crippen LogP contribution in [0.2, 0.25) is 0 Å². The molecule has 0 N–H and O–H groups in total. The van der Waals surface area contributed by atoms with E-state index in [4.69, 9.17) is 14.8 Å². The molecule has 0 fully saturated rings. The molecule has 0 bridgehead atoms. The van der Waals surface area contributed by atoms with Gasteiger partial charge in [-0.05, 0) is 73.7 Å². The van der Waals surface area contributed by atoms with Crippen LogP contribution in [0.1, 0.15) is 54.6 Å². The molecule has 46 heavy (non-hydrogen) atoms. The number of benzene rings is 4. The van der Waals surface area contributed by atoms with Crippen molar-refractivity contribution in [3.8, 4) is 17.1 Å². The van der Waals surface area contributed by atoms with Crippen LogP contribution in [0.4, 0.5) is 5.69 Å². The Morgan fingerprint density at radius 3 is 2.37 bits per heavy atom. The van der Waals surface area contributed by atoms with E-state index in [1.165, 1.54) is 16.8 Å². The first-order chi connectivity index (χ1) is 22.2. The third-order valence-corrected chi connectivity index (χ3v) is 8.34. The highest BCUT2D eigenvalue weighted by atomic mass is 16.6. The molecule has 4 aromatic carbocycles. The number of hydrogen-bond acceptors (Lipinski definition) is 6. The Hall–Kier alpha value is -5.57. The van der Waals surface area contributed by atoms with Gasteiger partial charge in [0.15, 0.2) is 5.82 Å². The number of aryl methyl sites for hydroxylation is 1. The molecule has 6 aromatic rings. The van der Waals surface area contributed by atoms with E-state index in [9.17, 15) is 14.9 Å². The monoisotopic (exact) mass is 613 g/mol. The minimum atomic E-state index is -0.398. The number of ether oxygens (including phenoxy) is 1. The predicted octanol–water partition coefficient (Wildman–Crippen LogP) is 8.00. The maximum atomic E-state index is 14.0. The molecule has 0 aliphatic rings. The Kier molecular flexibility index (Phi) is 8.23. The third kappa shape index (κ3) is 5.56. The lowest BCUT2D eigenvalue weighted by molar-refractivity contribution is -0.384. The molecule has 232 valence electrons. The van der Waals surface area contributed by atoms with E-state index in [0.29, 0.717) is 29.9 Å². The van der Waals surface area contributed by atoms with Crippen molar-refractivity contribution < 1.29 is 9.66 Å². The number of fused-ring (bicyclic) bond motifs is 2. The molecule has 0 radical (unpaired) electrons. The van der Waals surface area contributed by atoms with Crippen LogP contribution >= 0.6 is 0 Å². The standard InChI is InChI=1S/C37H35N5O4/c1-6-46-35-19-24(4)31(20-30(35)23(2)3)36-39-33-13-9-7-12-29(33)37(43)41(36)38-21-32-25(5)40(34-14-10-8-11-28(32)34)22-26-15-17-27(18-16-26)42(44)45/h7-21,23H,6,22H2,1-5H3. The zero-order chi connectivity index (χ0) is 32.5. The summed E-state index contributed by atoms with van der Waals surface area (Å²) in [4.78, 5) is 29.8. The van der Waals surface area contributed by atoms with Crippen LogP contribution in [-0.4, -0.2) is 32.0 Å². The minimum absolute atomic E-state index is 0.0548. The number of nitro groups is 1. The Balaban J connectivity index is 1.52. The summed E-state index contributed by atoms with van der Waals surface area (Å²) in [6.45, 7) is 11.3. The molecule has 0 atom stereocenters. The zero-order valence-corrected chi connectivity index (χ0v) is 26.5. The molecule has 9 heteroatoms. The molecule has 2 heterocycles. The van der Waals surface area contributed by atoms with Gasteiger partial charge in [0.05, 0.1) is 28.6 Å². The highest BCUT2D eigenvalue weighted by molar-refractivity contribution is 6.01. The molecular weight excluding hydrogens is 578 g/mol. The van der Waals surface area contributed by atoms with E-state index in [1.54, 1.807) is 24.4 Å². The van der Waals surface area contributed by atoms with Gasteiger partial charge in [-0.25, -0.2) is 4.98 Å². The second-order valence-electron chi connectivity index (χ2n) is 11.6. The molecule has 0 aliphatic carbocycles. The number of nitro benzene ring substituents is 1. The van der Waals surface area contributed by atoms with Gasteiger partial charge in [-0.2, -0.15) is 9.78 Å². The van der Waals surface area contributed by atoms with Gasteiger partial charge in [-0.1, -0.05) is 56.3 Å². The first-order valence-corrected chi connectivity index (χ1v) is 15.3. The smallest absolute Gasteiger partial charge is 0.282 e. The van der Waals surface area contributed by atoms with Crippen molar-refractivity contribution in [1.29, 1.82) is 0 Å².